The minimum Gasteiger partial charge on any atom is -0.461 e. The van der Waals surface area contributed by atoms with E-state index in [1.165, 1.54) is 5.69 Å². The molecular weight excluding hydrogens is 204 g/mol. The maximum Gasteiger partial charge on any atom is 0.307 e. The molecule has 0 aromatic carbocycles. The molecule has 90 valence electrons. The van der Waals surface area contributed by atoms with Crippen molar-refractivity contribution in [2.45, 2.75) is 26.9 Å². The molecule has 0 unspecified atom stereocenters. The van der Waals surface area contributed by atoms with Gasteiger partial charge >= 0.3 is 5.97 Å². The van der Waals surface area contributed by atoms with Gasteiger partial charge in [-0.15, -0.1) is 0 Å². The molecule has 0 spiro atoms. The topological polar surface area (TPSA) is 43.3 Å². The first kappa shape index (κ1) is 12.8. The Morgan fingerprint density at radius 3 is 2.69 bits per heavy atom. The predicted molar refractivity (Wildman–Crippen MR) is 63.2 cm³/mol. The van der Waals surface area contributed by atoms with E-state index in [0.717, 1.165) is 11.3 Å². The Morgan fingerprint density at radius 1 is 1.50 bits per heavy atom. The first-order chi connectivity index (χ1) is 7.56. The number of hydrogen-bond acceptors (Lipinski definition) is 3. The molecule has 1 N–H and O–H groups in total. The monoisotopic (exact) mass is 224 g/mol. The minimum atomic E-state index is -0.157. The number of esters is 1. The van der Waals surface area contributed by atoms with E-state index < -0.39 is 0 Å². The van der Waals surface area contributed by atoms with Crippen molar-refractivity contribution >= 4 is 5.97 Å². The highest BCUT2D eigenvalue weighted by atomic mass is 16.5. The molecule has 0 saturated carbocycles. The molecule has 0 aliphatic carbocycles. The molecule has 4 heteroatoms. The lowest BCUT2D eigenvalue weighted by atomic mass is 10.2. The highest BCUT2D eigenvalue weighted by Gasteiger charge is 2.08. The van der Waals surface area contributed by atoms with Gasteiger partial charge in [0.05, 0.1) is 6.42 Å². The Labute approximate surface area is 96.6 Å². The Kier molecular flexibility index (Phi) is 4.55. The number of aryl methyl sites for hydroxylation is 1. The summed E-state index contributed by atoms with van der Waals surface area (Å²) >= 11 is 0. The Morgan fingerprint density at radius 2 is 2.19 bits per heavy atom. The van der Waals surface area contributed by atoms with Crippen LogP contribution < -0.4 is 5.32 Å². The van der Waals surface area contributed by atoms with Crippen molar-refractivity contribution in [1.29, 1.82) is 0 Å². The van der Waals surface area contributed by atoms with Gasteiger partial charge in [-0.25, -0.2) is 0 Å². The second-order valence-corrected chi connectivity index (χ2v) is 3.97. The minimum absolute atomic E-state index is 0.157. The van der Waals surface area contributed by atoms with E-state index in [1.807, 2.05) is 27.9 Å². The summed E-state index contributed by atoms with van der Waals surface area (Å²) in [4.78, 5) is 11.3. The van der Waals surface area contributed by atoms with Gasteiger partial charge in [0.2, 0.25) is 0 Å². The molecule has 0 amide bonds. The summed E-state index contributed by atoms with van der Waals surface area (Å²) < 4.78 is 7.28. The molecule has 4 nitrogen and oxygen atoms in total. The van der Waals surface area contributed by atoms with Crippen molar-refractivity contribution in [3.63, 3.8) is 0 Å². The van der Waals surface area contributed by atoms with Crippen LogP contribution in [0.25, 0.3) is 0 Å². The zero-order valence-electron chi connectivity index (χ0n) is 10.5. The molecule has 0 aliphatic rings. The number of ether oxygens (including phenoxy) is 1. The number of nitrogens with one attached hydrogen (secondary N) is 1. The third kappa shape index (κ3) is 3.10. The van der Waals surface area contributed by atoms with Crippen molar-refractivity contribution in [1.82, 2.24) is 9.88 Å². The highest BCUT2D eigenvalue weighted by molar-refractivity contribution is 5.69. The number of carbonyl (C=O) groups is 1. The number of hydrogen-bond donors (Lipinski definition) is 1. The molecule has 1 aromatic rings. The van der Waals surface area contributed by atoms with Gasteiger partial charge in [-0.3, -0.25) is 4.79 Å². The van der Waals surface area contributed by atoms with E-state index in [1.54, 1.807) is 0 Å². The third-order valence-electron chi connectivity index (χ3n) is 2.85. The van der Waals surface area contributed by atoms with Crippen molar-refractivity contribution < 1.29 is 9.53 Å². The maximum absolute atomic E-state index is 11.3. The Hall–Kier alpha value is -1.29. The zero-order valence-corrected chi connectivity index (χ0v) is 10.5. The molecule has 16 heavy (non-hydrogen) atoms. The van der Waals surface area contributed by atoms with Crippen LogP contribution in [-0.4, -0.2) is 24.1 Å². The average Bonchev–Trinajstić information content (AvgIpc) is 2.51. The second kappa shape index (κ2) is 5.70. The van der Waals surface area contributed by atoms with Crippen LogP contribution in [0, 0.1) is 13.8 Å². The molecule has 0 radical (unpaired) electrons. The fourth-order valence-electron chi connectivity index (χ4n) is 1.54. The molecule has 0 bridgehead atoms. The van der Waals surface area contributed by atoms with Crippen LogP contribution in [0.5, 0.6) is 0 Å². The van der Waals surface area contributed by atoms with Crippen LogP contribution in [0.1, 0.15) is 23.4 Å². The fourth-order valence-corrected chi connectivity index (χ4v) is 1.54. The van der Waals surface area contributed by atoms with Gasteiger partial charge in [0.1, 0.15) is 6.61 Å². The van der Waals surface area contributed by atoms with Gasteiger partial charge in [-0.05, 0) is 27.0 Å². The van der Waals surface area contributed by atoms with Crippen LogP contribution in [-0.2, 0) is 23.2 Å². The van der Waals surface area contributed by atoms with Crippen LogP contribution >= 0.6 is 0 Å². The summed E-state index contributed by atoms with van der Waals surface area (Å²) in [6.07, 6.45) is 0.418. The second-order valence-electron chi connectivity index (χ2n) is 3.97. The van der Waals surface area contributed by atoms with E-state index in [4.69, 9.17) is 4.74 Å². The lowest BCUT2D eigenvalue weighted by Crippen LogP contribution is -2.15. The summed E-state index contributed by atoms with van der Waals surface area (Å²) in [7, 11) is 3.83. The predicted octanol–water partition coefficient (Wildman–Crippen LogP) is 1.29. The van der Waals surface area contributed by atoms with E-state index in [9.17, 15) is 4.79 Å². The van der Waals surface area contributed by atoms with Crippen molar-refractivity contribution in [2.75, 3.05) is 13.6 Å². The summed E-state index contributed by atoms with van der Waals surface area (Å²) in [5.74, 6) is -0.157. The molecule has 0 fully saturated rings. The van der Waals surface area contributed by atoms with Crippen molar-refractivity contribution in [3.8, 4) is 0 Å². The lowest BCUT2D eigenvalue weighted by molar-refractivity contribution is -0.144. The summed E-state index contributed by atoms with van der Waals surface area (Å²) in [6, 6.07) is 2.06. The number of rotatable bonds is 5. The third-order valence-corrected chi connectivity index (χ3v) is 2.85. The van der Waals surface area contributed by atoms with Gasteiger partial charge in [0, 0.05) is 30.5 Å². The highest BCUT2D eigenvalue weighted by Crippen LogP contribution is 2.14. The van der Waals surface area contributed by atoms with Crippen LogP contribution in [0.15, 0.2) is 6.07 Å². The quantitative estimate of drug-likeness (QED) is 0.766. The van der Waals surface area contributed by atoms with Crippen molar-refractivity contribution in [3.05, 3.63) is 23.0 Å². The summed E-state index contributed by atoms with van der Waals surface area (Å²) in [5.41, 5.74) is 3.41. The van der Waals surface area contributed by atoms with Crippen LogP contribution in [0.4, 0.5) is 0 Å². The fraction of sp³-hybridized carbons (Fsp3) is 0.583. The first-order valence-corrected chi connectivity index (χ1v) is 5.48. The van der Waals surface area contributed by atoms with Gasteiger partial charge < -0.3 is 14.6 Å². The SMILES string of the molecule is CNCCC(=O)OCc1cc(C)n(C)c1C. The largest absolute Gasteiger partial charge is 0.461 e. The normalized spacial score (nSPS) is 10.5. The molecule has 1 aromatic heterocycles. The smallest absolute Gasteiger partial charge is 0.307 e. The van der Waals surface area contributed by atoms with E-state index in [-0.39, 0.29) is 5.97 Å². The molecule has 1 rings (SSSR count). The van der Waals surface area contributed by atoms with Gasteiger partial charge in [0.15, 0.2) is 0 Å². The van der Waals surface area contributed by atoms with Gasteiger partial charge in [0.25, 0.3) is 0 Å². The van der Waals surface area contributed by atoms with E-state index in [0.29, 0.717) is 19.6 Å². The zero-order chi connectivity index (χ0) is 12.1. The Balaban J connectivity index is 2.48. The van der Waals surface area contributed by atoms with E-state index >= 15 is 0 Å². The average molecular weight is 224 g/mol. The molecule has 0 atom stereocenters. The number of carbonyl (C=O) groups excluding carboxylic acids is 1. The van der Waals surface area contributed by atoms with E-state index in [2.05, 4.69) is 16.0 Å². The number of aromatic nitrogens is 1. The lowest BCUT2D eigenvalue weighted by Gasteiger charge is -2.05. The van der Waals surface area contributed by atoms with Crippen LogP contribution in [0.2, 0.25) is 0 Å². The molecule has 0 saturated heterocycles. The summed E-state index contributed by atoms with van der Waals surface area (Å²) in [5, 5.41) is 2.92. The Bertz CT molecular complexity index is 369. The first-order valence-electron chi connectivity index (χ1n) is 5.48. The molecule has 1 heterocycles. The maximum atomic E-state index is 11.3. The van der Waals surface area contributed by atoms with Crippen LogP contribution in [0.3, 0.4) is 0 Å². The molecule has 0 aliphatic heterocycles. The molecular formula is C12H20N2O2. The standard InChI is InChI=1S/C12H20N2O2/c1-9-7-11(10(2)14(9)4)8-16-12(15)5-6-13-3/h7,13H,5-6,8H2,1-4H3. The summed E-state index contributed by atoms with van der Waals surface area (Å²) in [6.45, 7) is 5.10. The van der Waals surface area contributed by atoms with Crippen molar-refractivity contribution in [2.24, 2.45) is 7.05 Å². The van der Waals surface area contributed by atoms with Gasteiger partial charge in [-0.2, -0.15) is 0 Å². The number of nitrogens with zero attached hydrogens (tertiary/aromatic N) is 1. The van der Waals surface area contributed by atoms with Gasteiger partial charge in [-0.1, -0.05) is 0 Å².